The van der Waals surface area contributed by atoms with E-state index in [-0.39, 0.29) is 19.6 Å². The second-order valence-electron chi connectivity index (χ2n) is 5.38. The molecule has 0 aliphatic heterocycles. The van der Waals surface area contributed by atoms with Gasteiger partial charge >= 0.3 is 16.1 Å². The summed E-state index contributed by atoms with van der Waals surface area (Å²) in [5.74, 6) is 0. The molecule has 1 aromatic heterocycles. The Labute approximate surface area is 163 Å². The Balaban J connectivity index is 2.34. The van der Waals surface area contributed by atoms with Crippen LogP contribution in [0.1, 0.15) is 6.92 Å². The number of aromatic nitrogens is 3. The zero-order chi connectivity index (χ0) is 20.0. The van der Waals surface area contributed by atoms with E-state index in [1.807, 2.05) is 0 Å². The van der Waals surface area contributed by atoms with Crippen molar-refractivity contribution < 1.29 is 13.2 Å². The molecule has 1 heterocycles. The molecule has 0 atom stereocenters. The lowest BCUT2D eigenvalue weighted by atomic mass is 10.3. The molecule has 10 heteroatoms. The van der Waals surface area contributed by atoms with E-state index in [0.29, 0.717) is 10.7 Å². The van der Waals surface area contributed by atoms with Gasteiger partial charge in [0, 0.05) is 24.7 Å². The monoisotopic (exact) mass is 409 g/mol. The Hall–Kier alpha value is -2.65. The second kappa shape index (κ2) is 8.83. The molecule has 0 saturated heterocycles. The molecule has 0 spiro atoms. The van der Waals surface area contributed by atoms with E-state index in [1.54, 1.807) is 43.3 Å². The minimum Gasteiger partial charge on any atom is -0.315 e. The highest BCUT2D eigenvalue weighted by Gasteiger charge is 2.29. The molecule has 1 amide bonds. The Kier molecular flexibility index (Phi) is 6.75. The van der Waals surface area contributed by atoms with Gasteiger partial charge in [0.2, 0.25) is 0 Å². The zero-order valence-corrected chi connectivity index (χ0v) is 16.4. The molecular formula is C17H20ClN5O3S. The first kappa shape index (κ1) is 20.7. The van der Waals surface area contributed by atoms with Gasteiger partial charge in [-0.3, -0.25) is 4.31 Å². The van der Waals surface area contributed by atoms with Crippen molar-refractivity contribution >= 4 is 33.3 Å². The van der Waals surface area contributed by atoms with Gasteiger partial charge < -0.3 is 4.90 Å². The summed E-state index contributed by atoms with van der Waals surface area (Å²) in [7, 11) is -4.04. The summed E-state index contributed by atoms with van der Waals surface area (Å²) in [6.07, 6.45) is 4.18. The van der Waals surface area contributed by atoms with E-state index in [9.17, 15) is 13.2 Å². The standard InChI is InChI=1S/C17H20ClN5O3S/c1-4-11-21(12-5-2)17(24)22-13-19-16(20-22)27(25,26)23(6-3)15-9-7-14(18)8-10-15/h4-5,7-10,13H,1-2,6,11-12H2,3H3. The summed E-state index contributed by atoms with van der Waals surface area (Å²) in [4.78, 5) is 17.7. The topological polar surface area (TPSA) is 88.4 Å². The van der Waals surface area contributed by atoms with Gasteiger partial charge in [-0.15, -0.1) is 18.3 Å². The lowest BCUT2D eigenvalue weighted by molar-refractivity contribution is 0.206. The maximum Gasteiger partial charge on any atom is 0.346 e. The van der Waals surface area contributed by atoms with Crippen molar-refractivity contribution in [1.82, 2.24) is 19.7 Å². The third-order valence-corrected chi connectivity index (χ3v) is 5.51. The number of anilines is 1. The molecule has 8 nitrogen and oxygen atoms in total. The Morgan fingerprint density at radius 1 is 1.22 bits per heavy atom. The number of rotatable bonds is 8. The molecule has 27 heavy (non-hydrogen) atoms. The minimum absolute atomic E-state index is 0.158. The maximum atomic E-state index is 12.9. The second-order valence-corrected chi connectivity index (χ2v) is 7.58. The van der Waals surface area contributed by atoms with Crippen LogP contribution in [-0.4, -0.2) is 53.7 Å². The number of hydrogen-bond acceptors (Lipinski definition) is 5. The quantitative estimate of drug-likeness (QED) is 0.625. The van der Waals surface area contributed by atoms with Crippen LogP contribution in [0.2, 0.25) is 5.02 Å². The van der Waals surface area contributed by atoms with Crippen molar-refractivity contribution in [2.24, 2.45) is 0 Å². The zero-order valence-electron chi connectivity index (χ0n) is 14.8. The highest BCUT2D eigenvalue weighted by atomic mass is 35.5. The predicted molar refractivity (Wildman–Crippen MR) is 104 cm³/mol. The third-order valence-electron chi connectivity index (χ3n) is 3.56. The van der Waals surface area contributed by atoms with Gasteiger partial charge in [0.05, 0.1) is 5.69 Å². The summed E-state index contributed by atoms with van der Waals surface area (Å²) in [5, 5.41) is 3.89. The van der Waals surface area contributed by atoms with Crippen molar-refractivity contribution in [2.45, 2.75) is 12.1 Å². The molecule has 0 unspecified atom stereocenters. The van der Waals surface area contributed by atoms with Crippen LogP contribution < -0.4 is 4.31 Å². The van der Waals surface area contributed by atoms with Crippen LogP contribution in [0.5, 0.6) is 0 Å². The number of hydrogen-bond donors (Lipinski definition) is 0. The normalized spacial score (nSPS) is 11.0. The molecular weight excluding hydrogens is 390 g/mol. The van der Waals surface area contributed by atoms with Crippen LogP contribution in [0.25, 0.3) is 0 Å². The summed E-state index contributed by atoms with van der Waals surface area (Å²) in [5.41, 5.74) is 0.421. The van der Waals surface area contributed by atoms with Crippen molar-refractivity contribution in [3.8, 4) is 0 Å². The Morgan fingerprint density at radius 2 is 1.81 bits per heavy atom. The largest absolute Gasteiger partial charge is 0.346 e. The number of amides is 1. The van der Waals surface area contributed by atoms with Crippen LogP contribution >= 0.6 is 11.6 Å². The number of halogens is 1. The number of carbonyl (C=O) groups excluding carboxylic acids is 1. The van der Waals surface area contributed by atoms with Crippen LogP contribution in [-0.2, 0) is 10.0 Å². The van der Waals surface area contributed by atoms with Gasteiger partial charge in [0.15, 0.2) is 0 Å². The summed E-state index contributed by atoms with van der Waals surface area (Å²) in [6, 6.07) is 5.82. The molecule has 0 aliphatic carbocycles. The lowest BCUT2D eigenvalue weighted by Crippen LogP contribution is -2.36. The summed E-state index contributed by atoms with van der Waals surface area (Å²) in [6.45, 7) is 9.55. The molecule has 144 valence electrons. The molecule has 0 fully saturated rings. The molecule has 0 N–H and O–H groups in total. The highest BCUT2D eigenvalue weighted by molar-refractivity contribution is 7.92. The van der Waals surface area contributed by atoms with Crippen molar-refractivity contribution in [3.63, 3.8) is 0 Å². The third kappa shape index (κ3) is 4.55. The van der Waals surface area contributed by atoms with Gasteiger partial charge in [0.1, 0.15) is 6.33 Å². The first-order valence-corrected chi connectivity index (χ1v) is 9.88. The van der Waals surface area contributed by atoms with Crippen LogP contribution in [0.4, 0.5) is 10.5 Å². The fourth-order valence-corrected chi connectivity index (χ4v) is 3.78. The van der Waals surface area contributed by atoms with Gasteiger partial charge in [-0.2, -0.15) is 13.1 Å². The van der Waals surface area contributed by atoms with Gasteiger partial charge in [0.25, 0.3) is 5.16 Å². The number of benzene rings is 1. The first-order chi connectivity index (χ1) is 12.8. The average Bonchev–Trinajstić information content (AvgIpc) is 3.14. The van der Waals surface area contributed by atoms with E-state index in [0.717, 1.165) is 15.3 Å². The van der Waals surface area contributed by atoms with Crippen LogP contribution in [0, 0.1) is 0 Å². The van der Waals surface area contributed by atoms with Gasteiger partial charge in [-0.05, 0) is 31.2 Å². The van der Waals surface area contributed by atoms with E-state index in [2.05, 4.69) is 23.2 Å². The van der Waals surface area contributed by atoms with E-state index < -0.39 is 21.2 Å². The maximum absolute atomic E-state index is 12.9. The predicted octanol–water partition coefficient (Wildman–Crippen LogP) is 2.79. The molecule has 2 rings (SSSR count). The van der Waals surface area contributed by atoms with Crippen molar-refractivity contribution in [3.05, 3.63) is 60.9 Å². The van der Waals surface area contributed by atoms with Gasteiger partial charge in [-0.25, -0.2) is 9.78 Å². The Bertz CT molecular complexity index is 914. The molecule has 1 aromatic carbocycles. The highest BCUT2D eigenvalue weighted by Crippen LogP contribution is 2.23. The number of carbonyl (C=O) groups is 1. The van der Waals surface area contributed by atoms with Crippen molar-refractivity contribution in [2.75, 3.05) is 23.9 Å². The molecule has 0 bridgehead atoms. The van der Waals surface area contributed by atoms with Crippen molar-refractivity contribution in [1.29, 1.82) is 0 Å². The average molecular weight is 410 g/mol. The van der Waals surface area contributed by atoms with E-state index >= 15 is 0 Å². The SMILES string of the molecule is C=CCN(CC=C)C(=O)n1cnc(S(=O)(=O)N(CC)c2ccc(Cl)cc2)n1. The summed E-state index contributed by atoms with van der Waals surface area (Å²) >= 11 is 5.86. The first-order valence-electron chi connectivity index (χ1n) is 8.06. The van der Waals surface area contributed by atoms with Crippen LogP contribution in [0.15, 0.2) is 61.1 Å². The van der Waals surface area contributed by atoms with Gasteiger partial charge in [-0.1, -0.05) is 23.8 Å². The number of sulfonamides is 1. The molecule has 2 aromatic rings. The number of nitrogens with zero attached hydrogens (tertiary/aromatic N) is 5. The Morgan fingerprint density at radius 3 is 2.33 bits per heavy atom. The molecule has 0 saturated carbocycles. The minimum atomic E-state index is -4.04. The van der Waals surface area contributed by atoms with E-state index in [1.165, 1.54) is 4.90 Å². The smallest absolute Gasteiger partial charge is 0.315 e. The fraction of sp³-hybridized carbons (Fsp3) is 0.235. The summed E-state index contributed by atoms with van der Waals surface area (Å²) < 4.78 is 27.8. The lowest BCUT2D eigenvalue weighted by Gasteiger charge is -2.21. The molecule has 0 radical (unpaired) electrons. The molecule has 0 aliphatic rings. The van der Waals surface area contributed by atoms with Crippen LogP contribution in [0.3, 0.4) is 0 Å². The fourth-order valence-electron chi connectivity index (χ4n) is 2.34. The van der Waals surface area contributed by atoms with E-state index in [4.69, 9.17) is 11.6 Å².